The highest BCUT2D eigenvalue weighted by molar-refractivity contribution is 7.74. The predicted molar refractivity (Wildman–Crippen MR) is 92.9 cm³/mol. The van der Waals surface area contributed by atoms with Crippen LogP contribution in [0.1, 0.15) is 0 Å². The number of hydrogen-bond donors (Lipinski definition) is 1. The molecule has 3 rings (SSSR count). The Bertz CT molecular complexity index is 755. The number of halogens is 2. The third-order valence-corrected chi connectivity index (χ3v) is 3.38. The van der Waals surface area contributed by atoms with Gasteiger partial charge < -0.3 is 14.5 Å². The fourth-order valence-electron chi connectivity index (χ4n) is 2.24. The van der Waals surface area contributed by atoms with E-state index in [0.29, 0.717) is 0 Å². The van der Waals surface area contributed by atoms with E-state index in [1.165, 1.54) is 0 Å². The van der Waals surface area contributed by atoms with Crippen LogP contribution in [0.4, 0.5) is 7.77 Å². The van der Waals surface area contributed by atoms with E-state index in [-0.39, 0.29) is 0 Å². The van der Waals surface area contributed by atoms with E-state index < -0.39 is 11.6 Å². The molecule has 0 amide bonds. The van der Waals surface area contributed by atoms with Crippen molar-refractivity contribution in [2.24, 2.45) is 0 Å². The van der Waals surface area contributed by atoms with E-state index >= 15 is 0 Å². The Morgan fingerprint density at radius 1 is 0.880 bits per heavy atom. The second-order valence-corrected chi connectivity index (χ2v) is 5.14. The molecule has 132 valence electrons. The first-order chi connectivity index (χ1) is 12.0. The van der Waals surface area contributed by atoms with Crippen molar-refractivity contribution in [1.82, 2.24) is 9.97 Å². The quantitative estimate of drug-likeness (QED) is 0.701. The Morgan fingerprint density at radius 2 is 1.32 bits per heavy atom. The molecule has 0 radical (unpaired) electrons. The summed E-state index contributed by atoms with van der Waals surface area (Å²) < 4.78 is 38.2. The minimum Gasteiger partial charge on any atom is -0.497 e. The third-order valence-electron chi connectivity index (χ3n) is 3.38. The number of rotatable bonds is 4. The number of ether oxygens (including phenoxy) is 2. The van der Waals surface area contributed by atoms with Crippen LogP contribution >= 0.6 is 0 Å². The van der Waals surface area contributed by atoms with Gasteiger partial charge in [-0.2, -0.15) is 4.21 Å². The lowest BCUT2D eigenvalue weighted by atomic mass is 10.0. The fraction of sp³-hybridized carbons (Fsp3) is 0.118. The molecule has 3 aromatic rings. The van der Waals surface area contributed by atoms with Gasteiger partial charge in [0.15, 0.2) is 0 Å². The van der Waals surface area contributed by atoms with Crippen LogP contribution in [0.15, 0.2) is 54.9 Å². The highest BCUT2D eigenvalue weighted by Gasteiger charge is 2.10. The number of benzene rings is 2. The van der Waals surface area contributed by atoms with Gasteiger partial charge in [-0.05, 0) is 48.5 Å². The average molecular weight is 366 g/mol. The van der Waals surface area contributed by atoms with E-state index in [1.54, 1.807) is 20.5 Å². The molecule has 1 N–H and O–H groups in total. The standard InChI is InChI=1S/C17H16N2O2.F2OS/c1-20-14-7-3-12(4-8-14)16-17(19-11-18-16)13-5-9-15(21-2)10-6-13;1-4(2)3/h3-11H,1-2H3,(H,18,19);. The number of imidazole rings is 1. The number of nitrogens with zero attached hydrogens (tertiary/aromatic N) is 1. The zero-order chi connectivity index (χ0) is 18.2. The molecule has 0 fully saturated rings. The Morgan fingerprint density at radius 3 is 1.76 bits per heavy atom. The van der Waals surface area contributed by atoms with Crippen molar-refractivity contribution in [1.29, 1.82) is 0 Å². The predicted octanol–water partition coefficient (Wildman–Crippen LogP) is 4.27. The summed E-state index contributed by atoms with van der Waals surface area (Å²) in [7, 11) is 3.32. The van der Waals surface area contributed by atoms with Gasteiger partial charge >= 0.3 is 11.6 Å². The third kappa shape index (κ3) is 5.12. The highest BCUT2D eigenvalue weighted by Crippen LogP contribution is 2.30. The molecule has 0 saturated carbocycles. The first kappa shape index (κ1) is 18.6. The fourth-order valence-corrected chi connectivity index (χ4v) is 2.24. The van der Waals surface area contributed by atoms with Crippen molar-refractivity contribution < 1.29 is 21.5 Å². The Balaban J connectivity index is 0.000000511. The molecule has 25 heavy (non-hydrogen) atoms. The lowest BCUT2D eigenvalue weighted by Crippen LogP contribution is -1.87. The minimum atomic E-state index is -3.61. The summed E-state index contributed by atoms with van der Waals surface area (Å²) in [6, 6.07) is 15.8. The SMILES string of the molecule is COc1ccc(-c2nc[nH]c2-c2ccc(OC)cc2)cc1.O=S(F)F. The van der Waals surface area contributed by atoms with Gasteiger partial charge in [0.2, 0.25) is 0 Å². The Kier molecular flexibility index (Phi) is 6.64. The van der Waals surface area contributed by atoms with Crippen LogP contribution in [0.2, 0.25) is 0 Å². The zero-order valence-electron chi connectivity index (χ0n) is 13.5. The van der Waals surface area contributed by atoms with Gasteiger partial charge in [0.25, 0.3) is 0 Å². The summed E-state index contributed by atoms with van der Waals surface area (Å²) in [5.41, 5.74) is 4.02. The summed E-state index contributed by atoms with van der Waals surface area (Å²) in [5, 5.41) is 0. The van der Waals surface area contributed by atoms with Gasteiger partial charge in [0.1, 0.15) is 11.5 Å². The summed E-state index contributed by atoms with van der Waals surface area (Å²) in [4.78, 5) is 7.64. The van der Waals surface area contributed by atoms with Gasteiger partial charge in [-0.1, -0.05) is 7.77 Å². The molecule has 0 aliphatic heterocycles. The summed E-state index contributed by atoms with van der Waals surface area (Å²) in [6.45, 7) is 0. The van der Waals surface area contributed by atoms with Crippen molar-refractivity contribution in [2.45, 2.75) is 0 Å². The first-order valence-electron chi connectivity index (χ1n) is 7.11. The van der Waals surface area contributed by atoms with Crippen LogP contribution in [0.3, 0.4) is 0 Å². The summed E-state index contributed by atoms with van der Waals surface area (Å²) in [5.74, 6) is 1.67. The second-order valence-electron chi connectivity index (χ2n) is 4.77. The number of H-pyrrole nitrogens is 1. The van der Waals surface area contributed by atoms with E-state index in [9.17, 15) is 7.77 Å². The highest BCUT2D eigenvalue weighted by atomic mass is 32.2. The molecule has 0 atom stereocenters. The van der Waals surface area contributed by atoms with Gasteiger partial charge in [0, 0.05) is 11.1 Å². The van der Waals surface area contributed by atoms with Gasteiger partial charge in [0.05, 0.1) is 31.9 Å². The van der Waals surface area contributed by atoms with Crippen molar-refractivity contribution >= 4 is 11.6 Å². The monoisotopic (exact) mass is 366 g/mol. The second kappa shape index (κ2) is 8.93. The van der Waals surface area contributed by atoms with Crippen LogP contribution in [0, 0.1) is 0 Å². The first-order valence-corrected chi connectivity index (χ1v) is 8.06. The van der Waals surface area contributed by atoms with Crippen LogP contribution in [-0.4, -0.2) is 28.4 Å². The maximum absolute atomic E-state index is 9.81. The number of methoxy groups -OCH3 is 2. The molecule has 2 aromatic carbocycles. The molecular weight excluding hydrogens is 350 g/mol. The molecule has 8 heteroatoms. The van der Waals surface area contributed by atoms with Gasteiger partial charge in [-0.15, -0.1) is 0 Å². The van der Waals surface area contributed by atoms with Gasteiger partial charge in [-0.3, -0.25) is 0 Å². The number of aromatic nitrogens is 2. The maximum atomic E-state index is 9.81. The maximum Gasteiger partial charge on any atom is 0.385 e. The molecule has 0 aliphatic rings. The van der Waals surface area contributed by atoms with Crippen LogP contribution in [0.5, 0.6) is 11.5 Å². The average Bonchev–Trinajstić information content (AvgIpc) is 3.11. The molecule has 0 saturated heterocycles. The molecule has 0 bridgehead atoms. The van der Waals surface area contributed by atoms with E-state index in [0.717, 1.165) is 34.0 Å². The van der Waals surface area contributed by atoms with E-state index in [4.69, 9.17) is 13.7 Å². The van der Waals surface area contributed by atoms with E-state index in [1.807, 2.05) is 48.5 Å². The summed E-state index contributed by atoms with van der Waals surface area (Å²) in [6.07, 6.45) is 1.71. The Labute approximate surface area is 146 Å². The van der Waals surface area contributed by atoms with Gasteiger partial charge in [-0.25, -0.2) is 4.98 Å². The van der Waals surface area contributed by atoms with Crippen molar-refractivity contribution in [2.75, 3.05) is 14.2 Å². The topological polar surface area (TPSA) is 64.2 Å². The van der Waals surface area contributed by atoms with Crippen LogP contribution in [-0.2, 0) is 11.6 Å². The van der Waals surface area contributed by atoms with Crippen molar-refractivity contribution in [3.8, 4) is 34.0 Å². The number of aromatic amines is 1. The molecule has 1 aromatic heterocycles. The normalized spacial score (nSPS) is 10.1. The van der Waals surface area contributed by atoms with E-state index in [2.05, 4.69) is 9.97 Å². The molecule has 0 unspecified atom stereocenters. The lowest BCUT2D eigenvalue weighted by molar-refractivity contribution is 0.414. The number of hydrogen-bond acceptors (Lipinski definition) is 4. The Hall–Kier alpha value is -2.74. The molecule has 1 heterocycles. The van der Waals surface area contributed by atoms with Crippen molar-refractivity contribution in [3.05, 3.63) is 54.9 Å². The van der Waals surface area contributed by atoms with Crippen LogP contribution in [0.25, 0.3) is 22.5 Å². The van der Waals surface area contributed by atoms with Crippen LogP contribution < -0.4 is 9.47 Å². The lowest BCUT2D eigenvalue weighted by Gasteiger charge is -2.06. The largest absolute Gasteiger partial charge is 0.497 e. The smallest absolute Gasteiger partial charge is 0.385 e. The molecule has 5 nitrogen and oxygen atoms in total. The minimum absolute atomic E-state index is 0.834. The molecule has 0 spiro atoms. The van der Waals surface area contributed by atoms with Crippen molar-refractivity contribution in [3.63, 3.8) is 0 Å². The summed E-state index contributed by atoms with van der Waals surface area (Å²) >= 11 is -3.61. The molecular formula is C17H16F2N2O3S. The molecule has 0 aliphatic carbocycles. The zero-order valence-corrected chi connectivity index (χ0v) is 14.3. The number of nitrogens with one attached hydrogen (secondary N) is 1.